The number of nitrogens with two attached hydrogens (primary N) is 2. The number of ether oxygens (including phenoxy) is 2. The van der Waals surface area contributed by atoms with Crippen LogP contribution in [-0.2, 0) is 16.1 Å². The number of nitrogens with one attached hydrogen (secondary N) is 1. The Kier molecular flexibility index (Phi) is 9.80. The van der Waals surface area contributed by atoms with Crippen molar-refractivity contribution >= 4 is 17.6 Å². The maximum absolute atomic E-state index is 13.0. The first kappa shape index (κ1) is 28.8. The molecule has 212 valence electrons. The number of carbonyl (C=O) groups excluding carboxylic acids is 1. The summed E-state index contributed by atoms with van der Waals surface area (Å²) in [5.74, 6) is 2.18. The molecule has 4 rings (SSSR count). The summed E-state index contributed by atoms with van der Waals surface area (Å²) in [5, 5.41) is 3.06. The molecule has 0 radical (unpaired) electrons. The molecule has 1 aliphatic heterocycles. The van der Waals surface area contributed by atoms with E-state index in [4.69, 9.17) is 25.9 Å². The highest BCUT2D eigenvalue weighted by molar-refractivity contribution is 5.84. The molecular formula is C30H44N6O3. The minimum atomic E-state index is -0.285. The number of aliphatic imine (C=N–C) groups is 1. The second-order valence-corrected chi connectivity index (χ2v) is 11.6. The monoisotopic (exact) mass is 536 g/mol. The molecule has 2 unspecified atom stereocenters. The third-order valence-electron chi connectivity index (χ3n) is 7.41. The fraction of sp³-hybridized carbons (Fsp3) is 0.567. The summed E-state index contributed by atoms with van der Waals surface area (Å²) in [5.41, 5.74) is 13.9. The fourth-order valence-electron chi connectivity index (χ4n) is 5.36. The molecule has 1 aromatic carbocycles. The van der Waals surface area contributed by atoms with Gasteiger partial charge in [0.05, 0.1) is 30.1 Å². The van der Waals surface area contributed by atoms with Crippen LogP contribution < -0.4 is 21.5 Å². The third-order valence-corrected chi connectivity index (χ3v) is 7.41. The Hall–Kier alpha value is -3.17. The minimum absolute atomic E-state index is 0.0144. The van der Waals surface area contributed by atoms with Gasteiger partial charge in [0.2, 0.25) is 11.8 Å². The molecule has 0 spiro atoms. The van der Waals surface area contributed by atoms with E-state index in [9.17, 15) is 4.79 Å². The van der Waals surface area contributed by atoms with Crippen molar-refractivity contribution in [1.82, 2.24) is 15.2 Å². The molecule has 39 heavy (non-hydrogen) atoms. The Labute approximate surface area is 232 Å². The normalized spacial score (nSPS) is 17.6. The van der Waals surface area contributed by atoms with Crippen molar-refractivity contribution in [1.29, 1.82) is 0 Å². The van der Waals surface area contributed by atoms with E-state index >= 15 is 0 Å². The smallest absolute Gasteiger partial charge is 0.220 e. The highest BCUT2D eigenvalue weighted by Crippen LogP contribution is 2.36. The van der Waals surface area contributed by atoms with Gasteiger partial charge in [-0.1, -0.05) is 37.5 Å². The first-order valence-electron chi connectivity index (χ1n) is 14.2. The summed E-state index contributed by atoms with van der Waals surface area (Å²) >= 11 is 0. The number of benzene rings is 1. The van der Waals surface area contributed by atoms with E-state index in [1.54, 1.807) is 6.20 Å². The predicted octanol–water partition coefficient (Wildman–Crippen LogP) is 4.62. The van der Waals surface area contributed by atoms with E-state index in [2.05, 4.69) is 15.2 Å². The Bertz CT molecular complexity index is 1110. The Morgan fingerprint density at radius 1 is 1.18 bits per heavy atom. The summed E-state index contributed by atoms with van der Waals surface area (Å²) in [6, 6.07) is 11.4. The van der Waals surface area contributed by atoms with Crippen LogP contribution in [0.2, 0.25) is 0 Å². The Balaban J connectivity index is 1.45. The molecule has 1 saturated carbocycles. The van der Waals surface area contributed by atoms with Crippen LogP contribution in [0.1, 0.15) is 71.3 Å². The van der Waals surface area contributed by atoms with Crippen LogP contribution in [0.4, 0.5) is 5.69 Å². The lowest BCUT2D eigenvalue weighted by molar-refractivity contribution is -0.123. The number of fused-ring (bicyclic) bond motifs is 1. The van der Waals surface area contributed by atoms with Crippen molar-refractivity contribution < 1.29 is 14.3 Å². The van der Waals surface area contributed by atoms with Crippen LogP contribution in [-0.4, -0.2) is 52.6 Å². The van der Waals surface area contributed by atoms with Crippen molar-refractivity contribution in [2.75, 3.05) is 13.2 Å². The molecule has 2 aliphatic rings. The lowest BCUT2D eigenvalue weighted by Crippen LogP contribution is -2.50. The van der Waals surface area contributed by atoms with Gasteiger partial charge < -0.3 is 31.2 Å². The third kappa shape index (κ3) is 8.41. The molecular weight excluding hydrogens is 492 g/mol. The van der Waals surface area contributed by atoms with Crippen LogP contribution in [0.5, 0.6) is 11.6 Å². The van der Waals surface area contributed by atoms with Crippen LogP contribution in [0, 0.1) is 5.92 Å². The number of hydrogen-bond acceptors (Lipinski definition) is 8. The van der Waals surface area contributed by atoms with Gasteiger partial charge in [-0.2, -0.15) is 0 Å². The number of nitrogens with zero attached hydrogens (tertiary/aromatic N) is 3. The first-order valence-corrected chi connectivity index (χ1v) is 14.2. The summed E-state index contributed by atoms with van der Waals surface area (Å²) in [7, 11) is 0. The first-order chi connectivity index (χ1) is 18.7. The van der Waals surface area contributed by atoms with E-state index < -0.39 is 0 Å². The van der Waals surface area contributed by atoms with Crippen molar-refractivity contribution in [3.63, 3.8) is 0 Å². The number of hydrogen-bond donors (Lipinski definition) is 3. The second kappa shape index (κ2) is 13.3. The van der Waals surface area contributed by atoms with Gasteiger partial charge in [0.15, 0.2) is 5.96 Å². The Morgan fingerprint density at radius 2 is 1.92 bits per heavy atom. The average Bonchev–Trinajstić information content (AvgIpc) is 2.92. The van der Waals surface area contributed by atoms with Crippen molar-refractivity contribution in [2.24, 2.45) is 22.4 Å². The van der Waals surface area contributed by atoms with Crippen LogP contribution >= 0.6 is 0 Å². The minimum Gasteiger partial charge on any atom is -0.439 e. The highest BCUT2D eigenvalue weighted by atomic mass is 16.5. The zero-order chi connectivity index (χ0) is 27.8. The average molecular weight is 537 g/mol. The molecule has 5 N–H and O–H groups in total. The van der Waals surface area contributed by atoms with Gasteiger partial charge in [0.1, 0.15) is 5.75 Å². The van der Waals surface area contributed by atoms with Crippen LogP contribution in [0.3, 0.4) is 0 Å². The molecule has 0 saturated heterocycles. The largest absolute Gasteiger partial charge is 0.439 e. The second-order valence-electron chi connectivity index (χ2n) is 11.6. The summed E-state index contributed by atoms with van der Waals surface area (Å²) in [4.78, 5) is 24.3. The van der Waals surface area contributed by atoms with Gasteiger partial charge in [-0.15, -0.1) is 0 Å². The molecule has 2 aromatic rings. The molecule has 0 bridgehead atoms. The number of aromatic nitrogens is 1. The summed E-state index contributed by atoms with van der Waals surface area (Å²) in [6.45, 7) is 7.30. The van der Waals surface area contributed by atoms with E-state index in [0.717, 1.165) is 29.8 Å². The summed E-state index contributed by atoms with van der Waals surface area (Å²) < 4.78 is 11.8. The number of pyridine rings is 1. The fourth-order valence-corrected chi connectivity index (χ4v) is 5.36. The molecule has 9 heteroatoms. The quantitative estimate of drug-likeness (QED) is 0.382. The molecule has 2 atom stereocenters. The van der Waals surface area contributed by atoms with Gasteiger partial charge in [-0.25, -0.2) is 9.98 Å². The highest BCUT2D eigenvalue weighted by Gasteiger charge is 2.33. The van der Waals surface area contributed by atoms with E-state index in [1.165, 1.54) is 19.3 Å². The van der Waals surface area contributed by atoms with Crippen molar-refractivity contribution in [3.05, 3.63) is 48.2 Å². The van der Waals surface area contributed by atoms with Gasteiger partial charge in [-0.05, 0) is 58.1 Å². The van der Waals surface area contributed by atoms with Gasteiger partial charge in [-0.3, -0.25) is 4.79 Å². The van der Waals surface area contributed by atoms with Crippen molar-refractivity contribution in [2.45, 2.75) is 89.9 Å². The van der Waals surface area contributed by atoms with Crippen LogP contribution in [0.25, 0.3) is 0 Å². The topological polar surface area (TPSA) is 128 Å². The Morgan fingerprint density at radius 3 is 2.62 bits per heavy atom. The molecule has 1 amide bonds. The number of guanidine groups is 1. The number of rotatable bonds is 11. The van der Waals surface area contributed by atoms with Gasteiger partial charge in [0.25, 0.3) is 0 Å². The number of carbonyl (C=O) groups is 1. The van der Waals surface area contributed by atoms with E-state index in [0.29, 0.717) is 50.3 Å². The lowest BCUT2D eigenvalue weighted by atomic mass is 9.81. The van der Waals surface area contributed by atoms with Crippen molar-refractivity contribution in [3.8, 4) is 11.6 Å². The van der Waals surface area contributed by atoms with Gasteiger partial charge >= 0.3 is 0 Å². The zero-order valence-corrected chi connectivity index (χ0v) is 23.6. The number of amides is 1. The molecule has 9 nitrogen and oxygen atoms in total. The number of para-hydroxylation sites is 1. The van der Waals surface area contributed by atoms with Crippen LogP contribution in [0.15, 0.2) is 47.6 Å². The predicted molar refractivity (Wildman–Crippen MR) is 154 cm³/mol. The van der Waals surface area contributed by atoms with E-state index in [-0.39, 0.29) is 23.6 Å². The summed E-state index contributed by atoms with van der Waals surface area (Å²) in [6.07, 6.45) is 8.72. The molecule has 1 aromatic heterocycles. The maximum Gasteiger partial charge on any atom is 0.220 e. The maximum atomic E-state index is 13.0. The zero-order valence-electron chi connectivity index (χ0n) is 23.6. The lowest BCUT2D eigenvalue weighted by Gasteiger charge is -2.41. The SMILES string of the molecule is CC(C)(C)OCC(CN)NC(=O)CCC(C1CCCCC1)N1Cc2cc(Oc3ccccc3)ncc2N=C1N. The molecule has 1 aliphatic carbocycles. The molecule has 1 fully saturated rings. The molecule has 2 heterocycles. The van der Waals surface area contributed by atoms with Gasteiger partial charge in [0, 0.05) is 37.2 Å². The standard InChI is InChI=1S/C30H44N6O3/c1-30(2,3)38-20-23(17-31)34-27(37)15-14-26(21-10-6-4-7-11-21)36-19-22-16-28(33-18-25(22)35-29(36)32)39-24-12-8-5-9-13-24/h5,8-9,12-13,16,18,21,23,26H,4,6-7,10-11,14-15,17,19-20,31H2,1-3H3,(H2,32,35)(H,34,37). The van der Waals surface area contributed by atoms with E-state index in [1.807, 2.05) is 57.2 Å².